The van der Waals surface area contributed by atoms with Gasteiger partial charge in [-0.25, -0.2) is 4.98 Å². The average Bonchev–Trinajstić information content (AvgIpc) is 3.34. The molecule has 128 valence electrons. The van der Waals surface area contributed by atoms with E-state index < -0.39 is 0 Å². The first-order valence-electron chi connectivity index (χ1n) is 7.87. The van der Waals surface area contributed by atoms with Gasteiger partial charge in [-0.1, -0.05) is 24.3 Å². The summed E-state index contributed by atoms with van der Waals surface area (Å²) in [5, 5.41) is 17.0. The molecule has 0 bridgehead atoms. The first kappa shape index (κ1) is 16.1. The Balaban J connectivity index is 1.56. The molecule has 2 aromatic carbocycles. The maximum atomic E-state index is 12.7. The van der Waals surface area contributed by atoms with Crippen LogP contribution in [0.2, 0.25) is 0 Å². The van der Waals surface area contributed by atoms with Crippen molar-refractivity contribution in [2.75, 3.05) is 5.32 Å². The molecular weight excluding hydrogens is 348 g/mol. The van der Waals surface area contributed by atoms with Crippen molar-refractivity contribution in [2.24, 2.45) is 0 Å². The Bertz CT molecular complexity index is 1040. The summed E-state index contributed by atoms with van der Waals surface area (Å²) in [6.45, 7) is 1.98. The van der Waals surface area contributed by atoms with E-state index in [2.05, 4.69) is 25.8 Å². The third-order valence-corrected chi connectivity index (χ3v) is 4.58. The number of nitrogens with one attached hydrogen (secondary N) is 1. The number of hydrogen-bond donors (Lipinski definition) is 1. The molecule has 0 aliphatic carbocycles. The normalized spacial score (nSPS) is 10.7. The summed E-state index contributed by atoms with van der Waals surface area (Å²) in [6, 6.07) is 14.8. The number of anilines is 1. The Labute approximate surface area is 153 Å². The molecule has 0 unspecified atom stereocenters. The minimum absolute atomic E-state index is 0.228. The van der Waals surface area contributed by atoms with Gasteiger partial charge >= 0.3 is 0 Å². The lowest BCUT2D eigenvalue weighted by Gasteiger charge is -2.09. The minimum Gasteiger partial charge on any atom is -0.322 e. The molecule has 26 heavy (non-hydrogen) atoms. The number of rotatable bonds is 4. The van der Waals surface area contributed by atoms with E-state index >= 15 is 0 Å². The van der Waals surface area contributed by atoms with Crippen molar-refractivity contribution in [1.29, 1.82) is 0 Å². The highest BCUT2D eigenvalue weighted by molar-refractivity contribution is 7.09. The van der Waals surface area contributed by atoms with Crippen molar-refractivity contribution >= 4 is 22.9 Å². The summed E-state index contributed by atoms with van der Waals surface area (Å²) in [5.74, 6) is -0.228. The van der Waals surface area contributed by atoms with Gasteiger partial charge in [-0.2, -0.15) is 4.68 Å². The van der Waals surface area contributed by atoms with Crippen molar-refractivity contribution in [3.05, 3.63) is 70.8 Å². The minimum atomic E-state index is -0.228. The predicted octanol–water partition coefficient (Wildman–Crippen LogP) is 3.35. The quantitative estimate of drug-likeness (QED) is 0.602. The number of tetrazole rings is 1. The number of carbonyl (C=O) groups is 1. The summed E-state index contributed by atoms with van der Waals surface area (Å²) in [6.07, 6.45) is 1.46. The number of benzene rings is 2. The Morgan fingerprint density at radius 3 is 2.62 bits per heavy atom. The topological polar surface area (TPSA) is 85.6 Å². The van der Waals surface area contributed by atoms with Crippen LogP contribution in [0.15, 0.2) is 60.2 Å². The highest BCUT2D eigenvalue weighted by atomic mass is 32.1. The fourth-order valence-electron chi connectivity index (χ4n) is 2.56. The lowest BCUT2D eigenvalue weighted by molar-refractivity contribution is 0.102. The first-order valence-corrected chi connectivity index (χ1v) is 8.75. The van der Waals surface area contributed by atoms with Crippen molar-refractivity contribution in [2.45, 2.75) is 6.92 Å². The molecule has 0 atom stereocenters. The zero-order chi connectivity index (χ0) is 17.9. The van der Waals surface area contributed by atoms with E-state index in [9.17, 15) is 4.79 Å². The highest BCUT2D eigenvalue weighted by Crippen LogP contribution is 2.23. The van der Waals surface area contributed by atoms with E-state index in [1.165, 1.54) is 11.0 Å². The maximum Gasteiger partial charge on any atom is 0.257 e. The molecule has 7 nitrogen and oxygen atoms in total. The fourth-order valence-corrected chi connectivity index (χ4v) is 3.18. The molecule has 8 heteroatoms. The van der Waals surface area contributed by atoms with E-state index in [0.29, 0.717) is 16.9 Å². The smallest absolute Gasteiger partial charge is 0.257 e. The lowest BCUT2D eigenvalue weighted by atomic mass is 10.1. The van der Waals surface area contributed by atoms with E-state index in [1.54, 1.807) is 29.5 Å². The van der Waals surface area contributed by atoms with Gasteiger partial charge in [-0.05, 0) is 41.6 Å². The molecule has 4 rings (SSSR count). The second kappa shape index (κ2) is 6.85. The molecule has 1 amide bonds. The Kier molecular flexibility index (Phi) is 4.24. The Morgan fingerprint density at radius 1 is 1.12 bits per heavy atom. The molecule has 2 heterocycles. The summed E-state index contributed by atoms with van der Waals surface area (Å²) in [5.41, 5.74) is 3.76. The van der Waals surface area contributed by atoms with Crippen LogP contribution >= 0.6 is 11.3 Å². The van der Waals surface area contributed by atoms with Crippen molar-refractivity contribution in [1.82, 2.24) is 25.2 Å². The molecule has 0 saturated heterocycles. The van der Waals surface area contributed by atoms with E-state index in [1.807, 2.05) is 42.6 Å². The number of nitrogens with zero attached hydrogens (tertiary/aromatic N) is 5. The lowest BCUT2D eigenvalue weighted by Crippen LogP contribution is -2.15. The monoisotopic (exact) mass is 362 g/mol. The summed E-state index contributed by atoms with van der Waals surface area (Å²) >= 11 is 1.61. The van der Waals surface area contributed by atoms with E-state index in [4.69, 9.17) is 0 Å². The number of aromatic nitrogens is 5. The zero-order valence-corrected chi connectivity index (χ0v) is 14.6. The van der Waals surface area contributed by atoms with E-state index in [0.717, 1.165) is 16.3 Å². The SMILES string of the molecule is Cc1nc(-c2ccc(NC(=O)c3ccccc3-n3cnnn3)cc2)cs1. The molecule has 0 spiro atoms. The van der Waals surface area contributed by atoms with Crippen LogP contribution in [-0.4, -0.2) is 31.1 Å². The van der Waals surface area contributed by atoms with Gasteiger partial charge in [0.15, 0.2) is 0 Å². The van der Waals surface area contributed by atoms with Crippen molar-refractivity contribution in [3.63, 3.8) is 0 Å². The van der Waals surface area contributed by atoms with Crippen LogP contribution in [0.4, 0.5) is 5.69 Å². The number of aryl methyl sites for hydroxylation is 1. The third kappa shape index (κ3) is 3.22. The van der Waals surface area contributed by atoms with Gasteiger partial charge < -0.3 is 5.32 Å². The van der Waals surface area contributed by atoms with Crippen LogP contribution in [0.25, 0.3) is 16.9 Å². The van der Waals surface area contributed by atoms with Crippen LogP contribution in [0.1, 0.15) is 15.4 Å². The fraction of sp³-hybridized carbons (Fsp3) is 0.0556. The van der Waals surface area contributed by atoms with Crippen LogP contribution in [-0.2, 0) is 0 Å². The van der Waals surface area contributed by atoms with Gasteiger partial charge in [-0.15, -0.1) is 16.4 Å². The number of carbonyl (C=O) groups excluding carboxylic acids is 1. The molecule has 0 aliphatic heterocycles. The number of amides is 1. The molecular formula is C18H14N6OS. The molecule has 0 radical (unpaired) electrons. The van der Waals surface area contributed by atoms with Crippen LogP contribution < -0.4 is 5.32 Å². The van der Waals surface area contributed by atoms with Gasteiger partial charge in [0.1, 0.15) is 6.33 Å². The zero-order valence-electron chi connectivity index (χ0n) is 13.8. The van der Waals surface area contributed by atoms with Gasteiger partial charge in [0.05, 0.1) is 22.0 Å². The molecule has 4 aromatic rings. The summed E-state index contributed by atoms with van der Waals surface area (Å²) < 4.78 is 1.46. The Morgan fingerprint density at radius 2 is 1.92 bits per heavy atom. The maximum absolute atomic E-state index is 12.7. The largest absolute Gasteiger partial charge is 0.322 e. The molecule has 0 aliphatic rings. The second-order valence-corrected chi connectivity index (χ2v) is 6.62. The third-order valence-electron chi connectivity index (χ3n) is 3.80. The summed E-state index contributed by atoms with van der Waals surface area (Å²) in [7, 11) is 0. The molecule has 0 fully saturated rings. The summed E-state index contributed by atoms with van der Waals surface area (Å²) in [4.78, 5) is 17.2. The predicted molar refractivity (Wildman–Crippen MR) is 99.4 cm³/mol. The molecule has 2 aromatic heterocycles. The second-order valence-electron chi connectivity index (χ2n) is 5.55. The number of para-hydroxylation sites is 1. The van der Waals surface area contributed by atoms with Gasteiger partial charge in [0.25, 0.3) is 5.91 Å². The standard InChI is InChI=1S/C18H14N6OS/c1-12-20-16(10-26-12)13-6-8-14(9-7-13)21-18(25)15-4-2-3-5-17(15)24-11-19-22-23-24/h2-11H,1H3,(H,21,25). The number of thiazole rings is 1. The van der Waals surface area contributed by atoms with Gasteiger partial charge in [-0.3, -0.25) is 4.79 Å². The molecule has 1 N–H and O–H groups in total. The first-order chi connectivity index (χ1) is 12.7. The van der Waals surface area contributed by atoms with Crippen molar-refractivity contribution in [3.8, 4) is 16.9 Å². The van der Waals surface area contributed by atoms with Crippen LogP contribution in [0.3, 0.4) is 0 Å². The number of hydrogen-bond acceptors (Lipinski definition) is 6. The molecule has 0 saturated carbocycles. The average molecular weight is 362 g/mol. The Hall–Kier alpha value is -3.39. The van der Waals surface area contributed by atoms with Crippen molar-refractivity contribution < 1.29 is 4.79 Å². The van der Waals surface area contributed by atoms with Gasteiger partial charge in [0.2, 0.25) is 0 Å². The van der Waals surface area contributed by atoms with Gasteiger partial charge in [0, 0.05) is 16.6 Å². The van der Waals surface area contributed by atoms with Crippen LogP contribution in [0.5, 0.6) is 0 Å². The highest BCUT2D eigenvalue weighted by Gasteiger charge is 2.13. The van der Waals surface area contributed by atoms with Crippen LogP contribution in [0, 0.1) is 6.92 Å². The van der Waals surface area contributed by atoms with E-state index in [-0.39, 0.29) is 5.91 Å².